The van der Waals surface area contributed by atoms with Crippen molar-refractivity contribution in [3.8, 4) is 0 Å². The lowest BCUT2D eigenvalue weighted by Gasteiger charge is -2.14. The molecule has 1 aliphatic rings. The van der Waals surface area contributed by atoms with E-state index >= 15 is 0 Å². The van der Waals surface area contributed by atoms with Gasteiger partial charge in [-0.1, -0.05) is 115 Å². The highest BCUT2D eigenvalue weighted by Gasteiger charge is 2.32. The molecule has 38 heavy (non-hydrogen) atoms. The van der Waals surface area contributed by atoms with Gasteiger partial charge in [-0.2, -0.15) is 0 Å². The van der Waals surface area contributed by atoms with Crippen LogP contribution < -0.4 is 10.9 Å². The van der Waals surface area contributed by atoms with Gasteiger partial charge in [0.05, 0.1) is 10.5 Å². The number of thioether (sulfide) groups is 1. The average Bonchev–Trinajstić information content (AvgIpc) is 3.17. The standard InChI is InChI=1S/C30H44N4O2S2/c1-4-6-8-9-10-11-12-13-14-16-20-33-29(36)25(38-30(33)37)21-24-27(31-19-15-7-5-2)32-26-18-17-23(3)22-34(26)28(24)35/h17-18,21-22,31H,4-16,19-20H2,1-3H3. The summed E-state index contributed by atoms with van der Waals surface area (Å²) in [6.07, 6.45) is 19.2. The minimum Gasteiger partial charge on any atom is -0.369 e. The highest BCUT2D eigenvalue weighted by atomic mass is 32.2. The van der Waals surface area contributed by atoms with Crippen molar-refractivity contribution in [2.45, 2.75) is 104 Å². The number of nitrogens with one attached hydrogen (secondary N) is 1. The second-order valence-corrected chi connectivity index (χ2v) is 11.9. The third-order valence-corrected chi connectivity index (χ3v) is 8.34. The van der Waals surface area contributed by atoms with E-state index in [1.54, 1.807) is 21.6 Å². The van der Waals surface area contributed by atoms with Crippen molar-refractivity contribution >= 4 is 51.7 Å². The summed E-state index contributed by atoms with van der Waals surface area (Å²) in [6, 6.07) is 3.80. The number of carbonyl (C=O) groups excluding carboxylic acids is 1. The second kappa shape index (κ2) is 16.0. The fraction of sp³-hybridized carbons (Fsp3) is 0.600. The summed E-state index contributed by atoms with van der Waals surface area (Å²) >= 11 is 6.83. The first-order chi connectivity index (χ1) is 18.5. The highest BCUT2D eigenvalue weighted by molar-refractivity contribution is 8.26. The normalized spacial score (nSPS) is 14.8. The zero-order chi connectivity index (χ0) is 27.3. The van der Waals surface area contributed by atoms with Crippen LogP contribution in [-0.2, 0) is 4.79 Å². The fourth-order valence-corrected chi connectivity index (χ4v) is 5.98. The van der Waals surface area contributed by atoms with Crippen LogP contribution in [0.4, 0.5) is 5.82 Å². The van der Waals surface area contributed by atoms with Gasteiger partial charge >= 0.3 is 0 Å². The molecule has 2 aromatic heterocycles. The number of anilines is 1. The number of nitrogens with zero attached hydrogens (tertiary/aromatic N) is 3. The Morgan fingerprint density at radius 3 is 2.24 bits per heavy atom. The zero-order valence-electron chi connectivity index (χ0n) is 23.4. The number of aromatic nitrogens is 2. The molecule has 0 unspecified atom stereocenters. The Hall–Kier alpha value is -2.19. The minimum absolute atomic E-state index is 0.110. The number of hydrogen-bond acceptors (Lipinski definition) is 6. The van der Waals surface area contributed by atoms with Gasteiger partial charge in [0.1, 0.15) is 15.8 Å². The average molecular weight is 557 g/mol. The Morgan fingerprint density at radius 2 is 1.55 bits per heavy atom. The quantitative estimate of drug-likeness (QED) is 0.122. The summed E-state index contributed by atoms with van der Waals surface area (Å²) in [5.41, 5.74) is 1.78. The van der Waals surface area contributed by atoms with Crippen molar-refractivity contribution < 1.29 is 4.79 Å². The monoisotopic (exact) mass is 556 g/mol. The third kappa shape index (κ3) is 8.67. The first kappa shape index (κ1) is 30.4. The lowest BCUT2D eigenvalue weighted by Crippen LogP contribution is -2.29. The molecule has 3 rings (SSSR count). The first-order valence-electron chi connectivity index (χ1n) is 14.5. The lowest BCUT2D eigenvalue weighted by molar-refractivity contribution is -0.122. The zero-order valence-corrected chi connectivity index (χ0v) is 25.0. The van der Waals surface area contributed by atoms with Crippen molar-refractivity contribution in [2.24, 2.45) is 0 Å². The van der Waals surface area contributed by atoms with Crippen LogP contribution >= 0.6 is 24.0 Å². The highest BCUT2D eigenvalue weighted by Crippen LogP contribution is 2.33. The Labute approximate surface area is 237 Å². The van der Waals surface area contributed by atoms with E-state index in [1.807, 2.05) is 19.1 Å². The number of amides is 1. The Balaban J connectivity index is 1.65. The molecular formula is C30H44N4O2S2. The molecule has 6 nitrogen and oxygen atoms in total. The molecule has 0 saturated carbocycles. The molecule has 1 amide bonds. The smallest absolute Gasteiger partial charge is 0.267 e. The van der Waals surface area contributed by atoms with Crippen LogP contribution in [0.25, 0.3) is 11.7 Å². The summed E-state index contributed by atoms with van der Waals surface area (Å²) in [5.74, 6) is 0.413. The molecule has 8 heteroatoms. The second-order valence-electron chi connectivity index (χ2n) is 10.3. The van der Waals surface area contributed by atoms with E-state index in [2.05, 4.69) is 19.2 Å². The Bertz CT molecular complexity index is 1170. The molecule has 0 atom stereocenters. The molecule has 2 aromatic rings. The van der Waals surface area contributed by atoms with Gasteiger partial charge in [-0.3, -0.25) is 18.9 Å². The number of unbranched alkanes of at least 4 members (excludes halogenated alkanes) is 11. The topological polar surface area (TPSA) is 66.7 Å². The maximum atomic E-state index is 13.5. The Kier molecular flexibility index (Phi) is 12.8. The number of carbonyl (C=O) groups is 1. The summed E-state index contributed by atoms with van der Waals surface area (Å²) in [5, 5.41) is 3.34. The summed E-state index contributed by atoms with van der Waals surface area (Å²) in [4.78, 5) is 33.7. The summed E-state index contributed by atoms with van der Waals surface area (Å²) < 4.78 is 2.13. The molecule has 0 bridgehead atoms. The van der Waals surface area contributed by atoms with E-state index in [-0.39, 0.29) is 11.5 Å². The van der Waals surface area contributed by atoms with Crippen molar-refractivity contribution in [3.63, 3.8) is 0 Å². The third-order valence-electron chi connectivity index (χ3n) is 6.96. The van der Waals surface area contributed by atoms with Crippen LogP contribution in [0.15, 0.2) is 28.0 Å². The molecule has 1 aliphatic heterocycles. The molecule has 0 aliphatic carbocycles. The van der Waals surface area contributed by atoms with Crippen molar-refractivity contribution in [2.75, 3.05) is 18.4 Å². The van der Waals surface area contributed by atoms with E-state index in [9.17, 15) is 9.59 Å². The minimum atomic E-state index is -0.184. The lowest BCUT2D eigenvalue weighted by atomic mass is 10.1. The Morgan fingerprint density at radius 1 is 0.921 bits per heavy atom. The molecule has 0 aromatic carbocycles. The maximum Gasteiger partial charge on any atom is 0.267 e. The number of fused-ring (bicyclic) bond motifs is 1. The van der Waals surface area contributed by atoms with Crippen molar-refractivity contribution in [1.82, 2.24) is 14.3 Å². The van der Waals surface area contributed by atoms with Crippen LogP contribution in [0.5, 0.6) is 0 Å². The van der Waals surface area contributed by atoms with Gasteiger partial charge < -0.3 is 5.32 Å². The molecule has 1 fully saturated rings. The number of pyridine rings is 1. The van der Waals surface area contributed by atoms with E-state index < -0.39 is 0 Å². The van der Waals surface area contributed by atoms with Gasteiger partial charge in [-0.05, 0) is 37.5 Å². The van der Waals surface area contributed by atoms with Crippen LogP contribution in [-0.4, -0.2) is 37.6 Å². The molecule has 208 valence electrons. The SMILES string of the molecule is CCCCCCCCCCCCN1C(=O)C(=Cc2c(NCCCCC)nc3ccc(C)cn3c2=O)SC1=S. The molecule has 1 N–H and O–H groups in total. The molecular weight excluding hydrogens is 512 g/mol. The van der Waals surface area contributed by atoms with Crippen LogP contribution in [0.1, 0.15) is 108 Å². The van der Waals surface area contributed by atoms with E-state index in [1.165, 1.54) is 63.1 Å². The van der Waals surface area contributed by atoms with Gasteiger partial charge in [0, 0.05) is 19.3 Å². The molecule has 1 saturated heterocycles. The summed E-state index contributed by atoms with van der Waals surface area (Å²) in [6.45, 7) is 7.71. The van der Waals surface area contributed by atoms with Crippen LogP contribution in [0.3, 0.4) is 0 Å². The number of rotatable bonds is 17. The van der Waals surface area contributed by atoms with Crippen LogP contribution in [0.2, 0.25) is 0 Å². The van der Waals surface area contributed by atoms with Crippen LogP contribution in [0, 0.1) is 6.92 Å². The van der Waals surface area contributed by atoms with Crippen molar-refractivity contribution in [1.29, 1.82) is 0 Å². The molecule has 3 heterocycles. The summed E-state index contributed by atoms with van der Waals surface area (Å²) in [7, 11) is 0. The van der Waals surface area contributed by atoms with Crippen molar-refractivity contribution in [3.05, 3.63) is 44.7 Å². The van der Waals surface area contributed by atoms with E-state index in [4.69, 9.17) is 17.2 Å². The fourth-order valence-electron chi connectivity index (χ4n) is 4.69. The van der Waals surface area contributed by atoms with E-state index in [0.29, 0.717) is 32.8 Å². The number of thiocarbonyl (C=S) groups is 1. The number of aryl methyl sites for hydroxylation is 1. The first-order valence-corrected chi connectivity index (χ1v) is 15.7. The molecule has 0 spiro atoms. The predicted octanol–water partition coefficient (Wildman–Crippen LogP) is 7.73. The van der Waals surface area contributed by atoms with Gasteiger partial charge in [-0.15, -0.1) is 0 Å². The largest absolute Gasteiger partial charge is 0.369 e. The molecule has 0 radical (unpaired) electrons. The number of hydrogen-bond donors (Lipinski definition) is 1. The van der Waals surface area contributed by atoms with Gasteiger partial charge in [0.2, 0.25) is 0 Å². The van der Waals surface area contributed by atoms with Gasteiger partial charge in [0.25, 0.3) is 11.5 Å². The van der Waals surface area contributed by atoms with Gasteiger partial charge in [-0.25, -0.2) is 4.98 Å². The van der Waals surface area contributed by atoms with E-state index in [0.717, 1.165) is 44.2 Å². The predicted molar refractivity (Wildman–Crippen MR) is 166 cm³/mol. The maximum absolute atomic E-state index is 13.5. The van der Waals surface area contributed by atoms with Gasteiger partial charge in [0.15, 0.2) is 0 Å².